The van der Waals surface area contributed by atoms with Crippen LogP contribution in [0.25, 0.3) is 0 Å². The number of carbonyl (C=O) groups excluding carboxylic acids is 2. The Morgan fingerprint density at radius 3 is 2.94 bits per heavy atom. The molecule has 2 unspecified atom stereocenters. The fourth-order valence-electron chi connectivity index (χ4n) is 2.28. The summed E-state index contributed by atoms with van der Waals surface area (Å²) in [5.41, 5.74) is 0. The topological polar surface area (TPSA) is 40.6 Å². The van der Waals surface area contributed by atoms with E-state index in [-0.39, 0.29) is 17.7 Å². The van der Waals surface area contributed by atoms with Crippen LogP contribution < -0.4 is 0 Å². The van der Waals surface area contributed by atoms with Crippen molar-refractivity contribution in [3.8, 4) is 0 Å². The van der Waals surface area contributed by atoms with E-state index in [1.54, 1.807) is 11.8 Å². The highest BCUT2D eigenvalue weighted by molar-refractivity contribution is 7.99. The zero-order valence-electron chi connectivity index (χ0n) is 9.81. The molecule has 2 bridgehead atoms. The summed E-state index contributed by atoms with van der Waals surface area (Å²) in [5, 5.41) is 0. The van der Waals surface area contributed by atoms with Crippen molar-refractivity contribution in [1.82, 2.24) is 9.80 Å². The van der Waals surface area contributed by atoms with E-state index in [9.17, 15) is 9.59 Å². The predicted octanol–water partition coefficient (Wildman–Crippen LogP) is 0.634. The van der Waals surface area contributed by atoms with Gasteiger partial charge in [0, 0.05) is 31.7 Å². The molecule has 0 spiro atoms. The first kappa shape index (κ1) is 11.8. The highest BCUT2D eigenvalue weighted by Gasteiger charge is 2.36. The Morgan fingerprint density at radius 1 is 1.50 bits per heavy atom. The third-order valence-corrected chi connectivity index (χ3v) is 4.62. The van der Waals surface area contributed by atoms with E-state index in [0.29, 0.717) is 12.6 Å². The molecule has 0 aromatic heterocycles. The number of rotatable bonds is 0. The van der Waals surface area contributed by atoms with E-state index in [1.165, 1.54) is 0 Å². The summed E-state index contributed by atoms with van der Waals surface area (Å²) in [6, 6.07) is 0. The molecule has 2 heterocycles. The monoisotopic (exact) mass is 242 g/mol. The minimum absolute atomic E-state index is 0.0529. The highest BCUT2D eigenvalue weighted by atomic mass is 32.2. The summed E-state index contributed by atoms with van der Waals surface area (Å²) < 4.78 is 0. The van der Waals surface area contributed by atoms with Crippen molar-refractivity contribution in [1.29, 1.82) is 0 Å². The maximum Gasteiger partial charge on any atom is 0.227 e. The molecule has 0 radical (unpaired) electrons. The Kier molecular flexibility index (Phi) is 3.42. The average Bonchev–Trinajstić information content (AvgIpc) is 2.35. The zero-order valence-corrected chi connectivity index (χ0v) is 10.6. The van der Waals surface area contributed by atoms with Crippen LogP contribution in [0.2, 0.25) is 0 Å². The predicted molar refractivity (Wildman–Crippen MR) is 63.9 cm³/mol. The van der Waals surface area contributed by atoms with Gasteiger partial charge in [-0.3, -0.25) is 9.59 Å². The number of amides is 2. The number of nitrogens with zero attached hydrogens (tertiary/aromatic N) is 2. The summed E-state index contributed by atoms with van der Waals surface area (Å²) in [6.45, 7) is 5.56. The van der Waals surface area contributed by atoms with Crippen LogP contribution in [0.4, 0.5) is 0 Å². The second-order valence-corrected chi connectivity index (χ2v) is 5.76. The van der Waals surface area contributed by atoms with Crippen LogP contribution in [-0.4, -0.2) is 52.9 Å². The molecule has 2 amide bonds. The minimum Gasteiger partial charge on any atom is -0.325 e. The number of carbonyl (C=O) groups is 2. The van der Waals surface area contributed by atoms with Crippen molar-refractivity contribution in [3.05, 3.63) is 0 Å². The van der Waals surface area contributed by atoms with Gasteiger partial charge in [-0.25, -0.2) is 0 Å². The summed E-state index contributed by atoms with van der Waals surface area (Å²) in [6.07, 6.45) is 0. The smallest absolute Gasteiger partial charge is 0.227 e. The molecular formula is C11H18N2O2S. The first-order valence-corrected chi connectivity index (χ1v) is 6.87. The lowest BCUT2D eigenvalue weighted by Gasteiger charge is -2.27. The van der Waals surface area contributed by atoms with Gasteiger partial charge in [0.2, 0.25) is 11.8 Å². The molecule has 16 heavy (non-hydrogen) atoms. The molecule has 2 saturated heterocycles. The molecule has 0 aliphatic carbocycles. The van der Waals surface area contributed by atoms with E-state index in [2.05, 4.69) is 0 Å². The van der Waals surface area contributed by atoms with Crippen LogP contribution in [0.15, 0.2) is 0 Å². The Morgan fingerprint density at radius 2 is 2.25 bits per heavy atom. The van der Waals surface area contributed by atoms with Crippen LogP contribution in [0.3, 0.4) is 0 Å². The molecule has 0 aromatic carbocycles. The van der Waals surface area contributed by atoms with Crippen molar-refractivity contribution in [2.45, 2.75) is 13.8 Å². The lowest BCUT2D eigenvalue weighted by atomic mass is 9.94. The second kappa shape index (κ2) is 4.65. The quantitative estimate of drug-likeness (QED) is 0.626. The van der Waals surface area contributed by atoms with E-state index in [4.69, 9.17) is 0 Å². The van der Waals surface area contributed by atoms with Crippen LogP contribution in [0, 0.1) is 11.8 Å². The fourth-order valence-corrected chi connectivity index (χ4v) is 3.49. The summed E-state index contributed by atoms with van der Waals surface area (Å²) in [4.78, 5) is 27.3. The van der Waals surface area contributed by atoms with Crippen molar-refractivity contribution in [2.75, 3.05) is 31.3 Å². The van der Waals surface area contributed by atoms with Gasteiger partial charge in [-0.1, -0.05) is 6.92 Å². The molecule has 0 saturated carbocycles. The highest BCUT2D eigenvalue weighted by Crippen LogP contribution is 2.27. The molecule has 2 aliphatic heterocycles. The summed E-state index contributed by atoms with van der Waals surface area (Å²) >= 11 is 1.89. The third-order valence-electron chi connectivity index (χ3n) is 3.49. The molecule has 2 atom stereocenters. The van der Waals surface area contributed by atoms with Gasteiger partial charge in [-0.05, 0) is 11.7 Å². The summed E-state index contributed by atoms with van der Waals surface area (Å²) in [5.74, 6) is 2.63. The molecule has 2 aliphatic rings. The van der Waals surface area contributed by atoms with Gasteiger partial charge in [0.15, 0.2) is 0 Å². The van der Waals surface area contributed by atoms with Gasteiger partial charge >= 0.3 is 0 Å². The Hall–Kier alpha value is -0.710. The Labute approximate surface area is 100 Å². The van der Waals surface area contributed by atoms with Crippen molar-refractivity contribution >= 4 is 23.6 Å². The largest absolute Gasteiger partial charge is 0.325 e. The first-order chi connectivity index (χ1) is 7.59. The van der Waals surface area contributed by atoms with Crippen LogP contribution in [0.5, 0.6) is 0 Å². The van der Waals surface area contributed by atoms with Crippen LogP contribution in [0.1, 0.15) is 13.8 Å². The second-order valence-electron chi connectivity index (χ2n) is 4.61. The van der Waals surface area contributed by atoms with Crippen molar-refractivity contribution in [2.24, 2.45) is 11.8 Å². The molecule has 5 heteroatoms. The van der Waals surface area contributed by atoms with Crippen LogP contribution in [-0.2, 0) is 9.59 Å². The average molecular weight is 242 g/mol. The van der Waals surface area contributed by atoms with E-state index >= 15 is 0 Å². The molecule has 2 rings (SSSR count). The Bertz CT molecular complexity index is 308. The molecular weight excluding hydrogens is 224 g/mol. The van der Waals surface area contributed by atoms with Crippen molar-refractivity contribution < 1.29 is 9.59 Å². The fraction of sp³-hybridized carbons (Fsp3) is 0.818. The maximum atomic E-state index is 12.1. The standard InChI is InChI=1S/C11H18N2O2S/c1-8-10-5-13(9(2)14)7-12(11(8)15)3-4-16-6-10/h8,10H,3-7H2,1-2H3. The van der Waals surface area contributed by atoms with Gasteiger partial charge in [0.1, 0.15) is 0 Å². The molecule has 0 N–H and O–H groups in total. The third kappa shape index (κ3) is 2.19. The zero-order chi connectivity index (χ0) is 11.7. The molecule has 2 fully saturated rings. The van der Waals surface area contributed by atoms with Gasteiger partial charge in [0.05, 0.1) is 6.67 Å². The first-order valence-electron chi connectivity index (χ1n) is 5.71. The summed E-state index contributed by atoms with van der Waals surface area (Å²) in [7, 11) is 0. The van der Waals surface area contributed by atoms with Crippen LogP contribution >= 0.6 is 11.8 Å². The molecule has 4 nitrogen and oxygen atoms in total. The molecule has 0 aromatic rings. The SMILES string of the molecule is CC(=O)N1CC2CSCCN(C1)C(=O)C2C. The number of thioether (sulfide) groups is 1. The Balaban J connectivity index is 2.25. The maximum absolute atomic E-state index is 12.1. The number of hydrogen-bond acceptors (Lipinski definition) is 3. The van der Waals surface area contributed by atoms with E-state index < -0.39 is 0 Å². The lowest BCUT2D eigenvalue weighted by Crippen LogP contribution is -2.42. The van der Waals surface area contributed by atoms with Crippen molar-refractivity contribution in [3.63, 3.8) is 0 Å². The number of fused-ring (bicyclic) bond motifs is 3. The van der Waals surface area contributed by atoms with Gasteiger partial charge in [-0.15, -0.1) is 0 Å². The van der Waals surface area contributed by atoms with Gasteiger partial charge < -0.3 is 9.80 Å². The van der Waals surface area contributed by atoms with Gasteiger partial charge in [-0.2, -0.15) is 11.8 Å². The van der Waals surface area contributed by atoms with Gasteiger partial charge in [0.25, 0.3) is 0 Å². The molecule has 90 valence electrons. The minimum atomic E-state index is 0.0529. The lowest BCUT2D eigenvalue weighted by molar-refractivity contribution is -0.137. The number of hydrogen-bond donors (Lipinski definition) is 0. The van der Waals surface area contributed by atoms with E-state index in [1.807, 2.05) is 23.6 Å². The van der Waals surface area contributed by atoms with E-state index in [0.717, 1.165) is 24.6 Å². The normalized spacial score (nSPS) is 31.0.